The second-order valence-corrected chi connectivity index (χ2v) is 6.18. The molecule has 0 aromatic carbocycles. The van der Waals surface area contributed by atoms with E-state index in [1.807, 2.05) is 0 Å². The standard InChI is InChI=1S/C15H29NO/c1-12(2)14-7-3-4-8-15(14)16-10-9-13-6-5-11-17-13/h12-16H,3-11H2,1-2H3. The zero-order chi connectivity index (χ0) is 12.1. The Hall–Kier alpha value is -0.0800. The molecular weight excluding hydrogens is 210 g/mol. The number of ether oxygens (including phenoxy) is 1. The van der Waals surface area contributed by atoms with Crippen LogP contribution in [0.3, 0.4) is 0 Å². The van der Waals surface area contributed by atoms with Crippen molar-refractivity contribution in [3.63, 3.8) is 0 Å². The van der Waals surface area contributed by atoms with Gasteiger partial charge in [-0.2, -0.15) is 0 Å². The molecule has 2 rings (SSSR count). The van der Waals surface area contributed by atoms with Gasteiger partial charge >= 0.3 is 0 Å². The molecule has 0 aromatic heterocycles. The molecule has 2 heteroatoms. The summed E-state index contributed by atoms with van der Waals surface area (Å²) in [7, 11) is 0. The predicted molar refractivity (Wildman–Crippen MR) is 72.2 cm³/mol. The molecule has 17 heavy (non-hydrogen) atoms. The molecule has 3 atom stereocenters. The quantitative estimate of drug-likeness (QED) is 0.794. The zero-order valence-electron chi connectivity index (χ0n) is 11.6. The molecular formula is C15H29NO. The second-order valence-electron chi connectivity index (χ2n) is 6.18. The second kappa shape index (κ2) is 6.75. The van der Waals surface area contributed by atoms with E-state index in [0.717, 1.165) is 31.0 Å². The van der Waals surface area contributed by atoms with E-state index in [-0.39, 0.29) is 0 Å². The molecule has 100 valence electrons. The molecule has 2 aliphatic rings. The summed E-state index contributed by atoms with van der Waals surface area (Å²) in [5.74, 6) is 1.73. The van der Waals surface area contributed by atoms with Crippen LogP contribution in [-0.4, -0.2) is 25.3 Å². The third-order valence-corrected chi connectivity index (χ3v) is 4.57. The zero-order valence-corrected chi connectivity index (χ0v) is 11.6. The summed E-state index contributed by atoms with van der Waals surface area (Å²) in [4.78, 5) is 0. The highest BCUT2D eigenvalue weighted by atomic mass is 16.5. The lowest BCUT2D eigenvalue weighted by Gasteiger charge is -2.35. The Bertz CT molecular complexity index is 211. The van der Waals surface area contributed by atoms with Crippen molar-refractivity contribution in [2.75, 3.05) is 13.2 Å². The van der Waals surface area contributed by atoms with Crippen molar-refractivity contribution in [3.8, 4) is 0 Å². The van der Waals surface area contributed by atoms with Crippen molar-refractivity contribution >= 4 is 0 Å². The van der Waals surface area contributed by atoms with Gasteiger partial charge in [0.05, 0.1) is 6.10 Å². The number of nitrogens with one attached hydrogen (secondary N) is 1. The van der Waals surface area contributed by atoms with Gasteiger partial charge in [-0.25, -0.2) is 0 Å². The van der Waals surface area contributed by atoms with Gasteiger partial charge in [0.2, 0.25) is 0 Å². The van der Waals surface area contributed by atoms with Crippen LogP contribution in [0.4, 0.5) is 0 Å². The molecule has 0 spiro atoms. The van der Waals surface area contributed by atoms with Crippen LogP contribution in [0, 0.1) is 11.8 Å². The SMILES string of the molecule is CC(C)C1CCCCC1NCCC1CCCO1. The van der Waals surface area contributed by atoms with E-state index in [2.05, 4.69) is 19.2 Å². The van der Waals surface area contributed by atoms with Crippen LogP contribution < -0.4 is 5.32 Å². The van der Waals surface area contributed by atoms with Crippen molar-refractivity contribution in [2.45, 2.75) is 70.9 Å². The van der Waals surface area contributed by atoms with Crippen molar-refractivity contribution < 1.29 is 4.74 Å². The Morgan fingerprint density at radius 2 is 1.94 bits per heavy atom. The predicted octanol–water partition coefficient (Wildman–Crippen LogP) is 3.36. The lowest BCUT2D eigenvalue weighted by atomic mass is 9.78. The smallest absolute Gasteiger partial charge is 0.0588 e. The molecule has 0 bridgehead atoms. The average Bonchev–Trinajstić information content (AvgIpc) is 2.82. The first-order chi connectivity index (χ1) is 8.27. The summed E-state index contributed by atoms with van der Waals surface area (Å²) in [5.41, 5.74) is 0. The Morgan fingerprint density at radius 3 is 2.65 bits per heavy atom. The van der Waals surface area contributed by atoms with Crippen molar-refractivity contribution in [3.05, 3.63) is 0 Å². The molecule has 0 amide bonds. The maximum atomic E-state index is 5.68. The topological polar surface area (TPSA) is 21.3 Å². The minimum absolute atomic E-state index is 0.545. The van der Waals surface area contributed by atoms with Gasteiger partial charge in [0.1, 0.15) is 0 Å². The van der Waals surface area contributed by atoms with Crippen LogP contribution in [0.1, 0.15) is 58.8 Å². The van der Waals surface area contributed by atoms with Crippen LogP contribution in [0.5, 0.6) is 0 Å². The summed E-state index contributed by atoms with van der Waals surface area (Å²) in [6, 6.07) is 0.769. The fourth-order valence-electron chi connectivity index (χ4n) is 3.51. The number of hydrogen-bond acceptors (Lipinski definition) is 2. The first-order valence-corrected chi connectivity index (χ1v) is 7.62. The molecule has 2 nitrogen and oxygen atoms in total. The van der Waals surface area contributed by atoms with Gasteiger partial charge in [-0.1, -0.05) is 26.7 Å². The monoisotopic (exact) mass is 239 g/mol. The van der Waals surface area contributed by atoms with Crippen molar-refractivity contribution in [2.24, 2.45) is 11.8 Å². The van der Waals surface area contributed by atoms with Crippen LogP contribution >= 0.6 is 0 Å². The van der Waals surface area contributed by atoms with E-state index in [9.17, 15) is 0 Å². The van der Waals surface area contributed by atoms with Gasteiger partial charge in [-0.05, 0) is 50.5 Å². The Balaban J connectivity index is 1.68. The largest absolute Gasteiger partial charge is 0.378 e. The normalized spacial score (nSPS) is 34.4. The molecule has 1 saturated carbocycles. The summed E-state index contributed by atoms with van der Waals surface area (Å²) in [6.45, 7) is 6.90. The summed E-state index contributed by atoms with van der Waals surface area (Å²) >= 11 is 0. The van der Waals surface area contributed by atoms with Gasteiger partial charge in [0, 0.05) is 12.6 Å². The highest BCUT2D eigenvalue weighted by molar-refractivity contribution is 4.83. The van der Waals surface area contributed by atoms with Gasteiger partial charge in [-0.3, -0.25) is 0 Å². The van der Waals surface area contributed by atoms with Crippen molar-refractivity contribution in [1.82, 2.24) is 5.32 Å². The highest BCUT2D eigenvalue weighted by Gasteiger charge is 2.27. The summed E-state index contributed by atoms with van der Waals surface area (Å²) in [5, 5.41) is 3.80. The van der Waals surface area contributed by atoms with E-state index in [4.69, 9.17) is 4.74 Å². The van der Waals surface area contributed by atoms with Crippen LogP contribution in [0.15, 0.2) is 0 Å². The summed E-state index contributed by atoms with van der Waals surface area (Å²) < 4.78 is 5.68. The minimum Gasteiger partial charge on any atom is -0.378 e. The maximum absolute atomic E-state index is 5.68. The average molecular weight is 239 g/mol. The van der Waals surface area contributed by atoms with Crippen LogP contribution in [0.2, 0.25) is 0 Å². The maximum Gasteiger partial charge on any atom is 0.0588 e. The molecule has 1 aliphatic heterocycles. The molecule has 0 aromatic rings. The first kappa shape index (κ1) is 13.4. The first-order valence-electron chi connectivity index (χ1n) is 7.62. The van der Waals surface area contributed by atoms with E-state index < -0.39 is 0 Å². The van der Waals surface area contributed by atoms with E-state index >= 15 is 0 Å². The highest BCUT2D eigenvalue weighted by Crippen LogP contribution is 2.30. The van der Waals surface area contributed by atoms with Gasteiger partial charge in [0.25, 0.3) is 0 Å². The van der Waals surface area contributed by atoms with E-state index in [0.29, 0.717) is 6.10 Å². The molecule has 1 heterocycles. The molecule has 1 N–H and O–H groups in total. The van der Waals surface area contributed by atoms with Crippen LogP contribution in [0.25, 0.3) is 0 Å². The Morgan fingerprint density at radius 1 is 1.12 bits per heavy atom. The third kappa shape index (κ3) is 3.96. The summed E-state index contributed by atoms with van der Waals surface area (Å²) in [6.07, 6.45) is 9.96. The number of rotatable bonds is 5. The number of hydrogen-bond donors (Lipinski definition) is 1. The fourth-order valence-corrected chi connectivity index (χ4v) is 3.51. The van der Waals surface area contributed by atoms with Gasteiger partial charge in [0.15, 0.2) is 0 Å². The third-order valence-electron chi connectivity index (χ3n) is 4.57. The van der Waals surface area contributed by atoms with Gasteiger partial charge < -0.3 is 10.1 Å². The Kier molecular flexibility index (Phi) is 5.30. The molecule has 0 radical (unpaired) electrons. The van der Waals surface area contributed by atoms with E-state index in [1.165, 1.54) is 44.9 Å². The van der Waals surface area contributed by atoms with Gasteiger partial charge in [-0.15, -0.1) is 0 Å². The molecule has 1 saturated heterocycles. The molecule has 3 unspecified atom stereocenters. The van der Waals surface area contributed by atoms with Crippen LogP contribution in [-0.2, 0) is 4.74 Å². The minimum atomic E-state index is 0.545. The van der Waals surface area contributed by atoms with Crippen molar-refractivity contribution in [1.29, 1.82) is 0 Å². The molecule has 2 fully saturated rings. The Labute approximate surface area is 107 Å². The fraction of sp³-hybridized carbons (Fsp3) is 1.00. The lowest BCUT2D eigenvalue weighted by molar-refractivity contribution is 0.101. The van der Waals surface area contributed by atoms with E-state index in [1.54, 1.807) is 0 Å². The molecule has 1 aliphatic carbocycles. The lowest BCUT2D eigenvalue weighted by Crippen LogP contribution is -2.41.